The van der Waals surface area contributed by atoms with Crippen molar-refractivity contribution in [2.75, 3.05) is 27.3 Å². The highest BCUT2D eigenvalue weighted by molar-refractivity contribution is 5.79. The van der Waals surface area contributed by atoms with Gasteiger partial charge in [0.1, 0.15) is 0 Å². The van der Waals surface area contributed by atoms with Gasteiger partial charge in [0, 0.05) is 13.1 Å². The number of methoxy groups -OCH3 is 2. The maximum absolute atomic E-state index is 10.5. The molecule has 0 aliphatic heterocycles. The van der Waals surface area contributed by atoms with Crippen molar-refractivity contribution in [3.63, 3.8) is 0 Å². The van der Waals surface area contributed by atoms with Crippen molar-refractivity contribution in [2.45, 2.75) is 26.5 Å². The van der Waals surface area contributed by atoms with Gasteiger partial charge in [0.15, 0.2) is 17.5 Å². The minimum atomic E-state index is -0.701. The monoisotopic (exact) mass is 371 g/mol. The summed E-state index contributed by atoms with van der Waals surface area (Å²) in [4.78, 5) is 4.58. The summed E-state index contributed by atoms with van der Waals surface area (Å²) in [6.07, 6.45) is -0.701. The molecule has 0 saturated carbocycles. The largest absolute Gasteiger partial charge is 0.493 e. The van der Waals surface area contributed by atoms with Gasteiger partial charge in [0.05, 0.1) is 26.9 Å². The lowest BCUT2D eigenvalue weighted by atomic mass is 10.1. The van der Waals surface area contributed by atoms with Crippen LogP contribution >= 0.6 is 0 Å². The van der Waals surface area contributed by atoms with E-state index in [4.69, 9.17) is 9.47 Å². The number of hydrogen-bond donors (Lipinski definition) is 3. The Balaban J connectivity index is 1.99. The molecule has 27 heavy (non-hydrogen) atoms. The lowest BCUT2D eigenvalue weighted by Crippen LogP contribution is -2.39. The summed E-state index contributed by atoms with van der Waals surface area (Å²) in [5.74, 6) is 1.89. The number of nitrogens with one attached hydrogen (secondary N) is 2. The van der Waals surface area contributed by atoms with Gasteiger partial charge in [-0.3, -0.25) is 0 Å². The Labute approximate surface area is 161 Å². The number of ether oxygens (including phenoxy) is 2. The molecule has 0 amide bonds. The van der Waals surface area contributed by atoms with E-state index in [9.17, 15) is 5.11 Å². The minimum absolute atomic E-state index is 0.329. The molecule has 0 heterocycles. The zero-order valence-electron chi connectivity index (χ0n) is 16.5. The molecular weight excluding hydrogens is 342 g/mol. The first kappa shape index (κ1) is 20.6. The summed E-state index contributed by atoms with van der Waals surface area (Å²) in [6.45, 7) is 5.71. The van der Waals surface area contributed by atoms with Crippen LogP contribution in [0.3, 0.4) is 0 Å². The Hall–Kier alpha value is -2.73. The van der Waals surface area contributed by atoms with Crippen LogP contribution in [0.15, 0.2) is 47.5 Å². The third-order valence-electron chi connectivity index (χ3n) is 4.14. The lowest BCUT2D eigenvalue weighted by Gasteiger charge is -2.17. The number of benzene rings is 2. The van der Waals surface area contributed by atoms with E-state index >= 15 is 0 Å². The van der Waals surface area contributed by atoms with Gasteiger partial charge in [-0.2, -0.15) is 0 Å². The molecule has 3 N–H and O–H groups in total. The Morgan fingerprint density at radius 1 is 1.04 bits per heavy atom. The van der Waals surface area contributed by atoms with Gasteiger partial charge in [0.25, 0.3) is 0 Å². The standard InChI is InChI=1S/C21H29N3O3/c1-5-22-21(23-13-16-8-6-15(2)7-9-16)24-14-18(25)17-10-11-19(26-3)20(12-17)27-4/h6-12,18,25H,5,13-14H2,1-4H3,(H2,22,23,24). The average molecular weight is 371 g/mol. The molecule has 2 rings (SSSR count). The molecule has 2 aromatic rings. The first-order chi connectivity index (χ1) is 13.1. The van der Waals surface area contributed by atoms with Crippen LogP contribution in [0.2, 0.25) is 0 Å². The number of aliphatic imine (C=N–C) groups is 1. The molecule has 0 saturated heterocycles. The zero-order valence-corrected chi connectivity index (χ0v) is 16.5. The molecule has 146 valence electrons. The summed E-state index contributed by atoms with van der Waals surface area (Å²) in [5, 5.41) is 16.9. The van der Waals surface area contributed by atoms with E-state index in [1.165, 1.54) is 5.56 Å². The molecule has 6 nitrogen and oxygen atoms in total. The van der Waals surface area contributed by atoms with Crippen molar-refractivity contribution < 1.29 is 14.6 Å². The number of nitrogens with zero attached hydrogens (tertiary/aromatic N) is 1. The fourth-order valence-corrected chi connectivity index (χ4v) is 2.58. The van der Waals surface area contributed by atoms with Crippen molar-refractivity contribution in [1.29, 1.82) is 0 Å². The summed E-state index contributed by atoms with van der Waals surface area (Å²) < 4.78 is 10.5. The molecule has 1 unspecified atom stereocenters. The summed E-state index contributed by atoms with van der Waals surface area (Å²) >= 11 is 0. The molecule has 0 aromatic heterocycles. The second kappa shape index (κ2) is 10.4. The number of aliphatic hydroxyl groups is 1. The first-order valence-electron chi connectivity index (χ1n) is 9.05. The fraction of sp³-hybridized carbons (Fsp3) is 0.381. The topological polar surface area (TPSA) is 75.1 Å². The van der Waals surface area contributed by atoms with E-state index in [0.717, 1.165) is 17.7 Å². The van der Waals surface area contributed by atoms with Crippen LogP contribution in [0.5, 0.6) is 11.5 Å². The zero-order chi connectivity index (χ0) is 19.6. The van der Waals surface area contributed by atoms with Crippen LogP contribution in [-0.4, -0.2) is 38.4 Å². The van der Waals surface area contributed by atoms with E-state index in [1.54, 1.807) is 26.4 Å². The van der Waals surface area contributed by atoms with Gasteiger partial charge in [-0.15, -0.1) is 0 Å². The predicted octanol–water partition coefficient (Wildman–Crippen LogP) is 2.80. The fourth-order valence-electron chi connectivity index (χ4n) is 2.58. The molecule has 0 fully saturated rings. The number of hydrogen-bond acceptors (Lipinski definition) is 4. The highest BCUT2D eigenvalue weighted by atomic mass is 16.5. The highest BCUT2D eigenvalue weighted by Gasteiger charge is 2.12. The van der Waals surface area contributed by atoms with Crippen LogP contribution in [0.1, 0.15) is 29.7 Å². The SMILES string of the molecule is CCNC(=NCc1ccc(C)cc1)NCC(O)c1ccc(OC)c(OC)c1. The number of guanidine groups is 1. The van der Waals surface area contributed by atoms with Crippen molar-refractivity contribution >= 4 is 5.96 Å². The summed E-state index contributed by atoms with van der Waals surface area (Å²) in [5.41, 5.74) is 3.11. The van der Waals surface area contributed by atoms with E-state index < -0.39 is 6.10 Å². The van der Waals surface area contributed by atoms with Gasteiger partial charge in [-0.25, -0.2) is 4.99 Å². The molecule has 0 bridgehead atoms. The Morgan fingerprint density at radius 3 is 2.37 bits per heavy atom. The van der Waals surface area contributed by atoms with E-state index in [2.05, 4.69) is 46.8 Å². The maximum atomic E-state index is 10.5. The van der Waals surface area contributed by atoms with Crippen LogP contribution in [0, 0.1) is 6.92 Å². The molecule has 0 radical (unpaired) electrons. The molecular formula is C21H29N3O3. The number of aryl methyl sites for hydroxylation is 1. The normalized spacial score (nSPS) is 12.4. The maximum Gasteiger partial charge on any atom is 0.191 e. The second-order valence-corrected chi connectivity index (χ2v) is 6.19. The Kier molecular flexibility index (Phi) is 7.95. The summed E-state index contributed by atoms with van der Waals surface area (Å²) in [7, 11) is 3.16. The van der Waals surface area contributed by atoms with Crippen LogP contribution in [-0.2, 0) is 6.54 Å². The molecule has 0 aliphatic rings. The lowest BCUT2D eigenvalue weighted by molar-refractivity contribution is 0.180. The van der Waals surface area contributed by atoms with E-state index in [0.29, 0.717) is 30.5 Å². The molecule has 6 heteroatoms. The van der Waals surface area contributed by atoms with Crippen molar-refractivity contribution in [3.05, 3.63) is 59.2 Å². The van der Waals surface area contributed by atoms with Crippen molar-refractivity contribution in [1.82, 2.24) is 10.6 Å². The predicted molar refractivity (Wildman–Crippen MR) is 109 cm³/mol. The van der Waals surface area contributed by atoms with Crippen LogP contribution < -0.4 is 20.1 Å². The van der Waals surface area contributed by atoms with Crippen molar-refractivity contribution in [2.24, 2.45) is 4.99 Å². The highest BCUT2D eigenvalue weighted by Crippen LogP contribution is 2.29. The quantitative estimate of drug-likeness (QED) is 0.491. The van der Waals surface area contributed by atoms with Crippen LogP contribution in [0.25, 0.3) is 0 Å². The first-order valence-corrected chi connectivity index (χ1v) is 9.05. The van der Waals surface area contributed by atoms with Crippen molar-refractivity contribution in [3.8, 4) is 11.5 Å². The van der Waals surface area contributed by atoms with Gasteiger partial charge >= 0.3 is 0 Å². The van der Waals surface area contributed by atoms with Crippen LogP contribution in [0.4, 0.5) is 0 Å². The summed E-state index contributed by atoms with van der Waals surface area (Å²) in [6, 6.07) is 13.7. The molecule has 1 atom stereocenters. The molecule has 0 spiro atoms. The number of rotatable bonds is 8. The second-order valence-electron chi connectivity index (χ2n) is 6.19. The Morgan fingerprint density at radius 2 is 1.74 bits per heavy atom. The molecule has 0 aliphatic carbocycles. The third kappa shape index (κ3) is 6.18. The third-order valence-corrected chi connectivity index (χ3v) is 4.14. The van der Waals surface area contributed by atoms with Gasteiger partial charge < -0.3 is 25.2 Å². The Bertz CT molecular complexity index is 745. The molecule has 2 aromatic carbocycles. The van der Waals surface area contributed by atoms with Gasteiger partial charge in [-0.1, -0.05) is 35.9 Å². The minimum Gasteiger partial charge on any atom is -0.493 e. The van der Waals surface area contributed by atoms with Gasteiger partial charge in [0.2, 0.25) is 0 Å². The number of aliphatic hydroxyl groups excluding tert-OH is 1. The van der Waals surface area contributed by atoms with E-state index in [-0.39, 0.29) is 0 Å². The van der Waals surface area contributed by atoms with Gasteiger partial charge in [-0.05, 0) is 37.1 Å². The van der Waals surface area contributed by atoms with E-state index in [1.807, 2.05) is 13.0 Å². The smallest absolute Gasteiger partial charge is 0.191 e. The average Bonchev–Trinajstić information content (AvgIpc) is 2.70.